The minimum absolute atomic E-state index is 0. The van der Waals surface area contributed by atoms with Crippen LogP contribution in [0.2, 0.25) is 0 Å². The van der Waals surface area contributed by atoms with Crippen LogP contribution in [0.1, 0.15) is 46.6 Å². The maximum Gasteiger partial charge on any atom is 0.259 e. The second kappa shape index (κ2) is 5.33. The first-order valence-corrected chi connectivity index (χ1v) is 7.76. The summed E-state index contributed by atoms with van der Waals surface area (Å²) in [6.45, 7) is 6.37. The minimum Gasteiger partial charge on any atom is -0.302 e. The number of rotatable bonds is 1. The van der Waals surface area contributed by atoms with Crippen molar-refractivity contribution in [3.63, 3.8) is 0 Å². The van der Waals surface area contributed by atoms with Crippen LogP contribution in [0.3, 0.4) is 0 Å². The maximum absolute atomic E-state index is 12.7. The molecule has 2 amide bonds. The van der Waals surface area contributed by atoms with Gasteiger partial charge in [-0.2, -0.15) is 0 Å². The number of amides is 2. The van der Waals surface area contributed by atoms with Gasteiger partial charge < -0.3 is 4.57 Å². The summed E-state index contributed by atoms with van der Waals surface area (Å²) in [6.07, 6.45) is 2.26. The van der Waals surface area contributed by atoms with Crippen molar-refractivity contribution in [1.82, 2.24) is 9.88 Å². The molecular formula is C18H22N2O3. The largest absolute Gasteiger partial charge is 0.302 e. The summed E-state index contributed by atoms with van der Waals surface area (Å²) in [7, 11) is 0. The van der Waals surface area contributed by atoms with Gasteiger partial charge >= 0.3 is 0 Å². The average Bonchev–Trinajstić information content (AvgIpc) is 2.47. The van der Waals surface area contributed by atoms with Crippen LogP contribution in [0.15, 0.2) is 35.3 Å². The Hall–Kier alpha value is -2.43. The van der Waals surface area contributed by atoms with E-state index in [-0.39, 0.29) is 24.7 Å². The lowest BCUT2D eigenvalue weighted by atomic mass is 9.86. The predicted octanol–water partition coefficient (Wildman–Crippen LogP) is 2.52. The van der Waals surface area contributed by atoms with E-state index in [1.165, 1.54) is 4.57 Å². The van der Waals surface area contributed by atoms with Crippen LogP contribution in [0.25, 0.3) is 10.8 Å². The van der Waals surface area contributed by atoms with Gasteiger partial charge in [0.2, 0.25) is 11.8 Å². The Bertz CT molecular complexity index is 865. The summed E-state index contributed by atoms with van der Waals surface area (Å²) in [5, 5.41) is 3.75. The summed E-state index contributed by atoms with van der Waals surface area (Å²) in [4.78, 5) is 36.0. The maximum atomic E-state index is 12.7. The van der Waals surface area contributed by atoms with Crippen molar-refractivity contribution in [2.24, 2.45) is 0 Å². The van der Waals surface area contributed by atoms with E-state index in [1.807, 2.05) is 24.3 Å². The van der Waals surface area contributed by atoms with Gasteiger partial charge in [0.25, 0.3) is 5.56 Å². The number of nitrogens with zero attached hydrogens (tertiary/aromatic N) is 1. The number of nitrogens with one attached hydrogen (secondary N) is 1. The van der Waals surface area contributed by atoms with Crippen LogP contribution in [0.4, 0.5) is 0 Å². The summed E-state index contributed by atoms with van der Waals surface area (Å²) in [5.74, 6) is -0.691. The molecule has 1 N–H and O–H groups in total. The predicted molar refractivity (Wildman–Crippen MR) is 90.4 cm³/mol. The van der Waals surface area contributed by atoms with Gasteiger partial charge in [0.1, 0.15) is 6.04 Å². The molecular weight excluding hydrogens is 292 g/mol. The Kier molecular flexibility index (Phi) is 3.59. The summed E-state index contributed by atoms with van der Waals surface area (Å²) in [5.41, 5.74) is 0.966. The molecule has 1 fully saturated rings. The lowest BCUT2D eigenvalue weighted by molar-refractivity contribution is -0.135. The van der Waals surface area contributed by atoms with Gasteiger partial charge in [-0.3, -0.25) is 19.7 Å². The third-order valence-electron chi connectivity index (χ3n) is 4.34. The number of hydrogen-bond donors (Lipinski definition) is 1. The molecule has 1 aromatic heterocycles. The zero-order valence-corrected chi connectivity index (χ0v) is 13.6. The first-order valence-electron chi connectivity index (χ1n) is 7.76. The number of aromatic nitrogens is 1. The van der Waals surface area contributed by atoms with Crippen LogP contribution in [-0.2, 0) is 15.0 Å². The van der Waals surface area contributed by atoms with E-state index < -0.39 is 11.9 Å². The molecule has 0 radical (unpaired) electrons. The highest BCUT2D eigenvalue weighted by Crippen LogP contribution is 2.25. The normalized spacial score (nSPS) is 19.0. The minimum atomic E-state index is -0.619. The molecule has 1 aliphatic heterocycles. The molecule has 1 atom stereocenters. The topological polar surface area (TPSA) is 68.2 Å². The second-order valence-corrected chi connectivity index (χ2v) is 7.05. The molecule has 1 aromatic carbocycles. The van der Waals surface area contributed by atoms with E-state index in [0.29, 0.717) is 11.8 Å². The number of fused-ring (bicyclic) bond motifs is 1. The molecule has 0 aliphatic carbocycles. The molecule has 1 saturated heterocycles. The lowest BCUT2D eigenvalue weighted by Crippen LogP contribution is -2.44. The van der Waals surface area contributed by atoms with Gasteiger partial charge in [0.15, 0.2) is 0 Å². The van der Waals surface area contributed by atoms with Gasteiger partial charge in [0.05, 0.1) is 0 Å². The van der Waals surface area contributed by atoms with Crippen molar-refractivity contribution < 1.29 is 11.0 Å². The third-order valence-corrected chi connectivity index (χ3v) is 4.34. The highest BCUT2D eigenvalue weighted by atomic mass is 16.2. The molecule has 2 aromatic rings. The lowest BCUT2D eigenvalue weighted by Gasteiger charge is -2.23. The zero-order valence-electron chi connectivity index (χ0n) is 13.6. The van der Waals surface area contributed by atoms with Crippen molar-refractivity contribution in [1.29, 1.82) is 0 Å². The Labute approximate surface area is 135 Å². The first kappa shape index (κ1) is 15.5. The van der Waals surface area contributed by atoms with Crippen LogP contribution in [0, 0.1) is 0 Å². The quantitative estimate of drug-likeness (QED) is 0.822. The Morgan fingerprint density at radius 3 is 2.57 bits per heavy atom. The molecule has 3 rings (SSSR count). The van der Waals surface area contributed by atoms with Crippen LogP contribution in [0.5, 0.6) is 0 Å². The Morgan fingerprint density at radius 2 is 1.91 bits per heavy atom. The highest BCUT2D eigenvalue weighted by molar-refractivity contribution is 5.99. The van der Waals surface area contributed by atoms with Gasteiger partial charge in [-0.15, -0.1) is 0 Å². The number of benzene rings is 1. The smallest absolute Gasteiger partial charge is 0.259 e. The molecule has 5 nitrogen and oxygen atoms in total. The molecule has 1 unspecified atom stereocenters. The van der Waals surface area contributed by atoms with E-state index in [1.54, 1.807) is 6.20 Å². The number of hydrogen-bond acceptors (Lipinski definition) is 3. The summed E-state index contributed by atoms with van der Waals surface area (Å²) < 4.78 is 1.43. The van der Waals surface area contributed by atoms with Crippen molar-refractivity contribution in [3.05, 3.63) is 46.4 Å². The number of piperidine rings is 1. The number of carbonyl (C=O) groups excluding carboxylic acids is 2. The second-order valence-electron chi connectivity index (χ2n) is 7.05. The van der Waals surface area contributed by atoms with Gasteiger partial charge in [-0.05, 0) is 34.9 Å². The van der Waals surface area contributed by atoms with Crippen LogP contribution >= 0.6 is 0 Å². The summed E-state index contributed by atoms with van der Waals surface area (Å²) in [6, 6.07) is 7.03. The van der Waals surface area contributed by atoms with Gasteiger partial charge in [0, 0.05) is 19.4 Å². The van der Waals surface area contributed by atoms with E-state index >= 15 is 0 Å². The van der Waals surface area contributed by atoms with Gasteiger partial charge in [-0.25, -0.2) is 0 Å². The van der Waals surface area contributed by atoms with E-state index in [4.69, 9.17) is 0 Å². The molecule has 0 bridgehead atoms. The number of imide groups is 1. The van der Waals surface area contributed by atoms with Crippen molar-refractivity contribution in [3.8, 4) is 0 Å². The monoisotopic (exact) mass is 314 g/mol. The van der Waals surface area contributed by atoms with Crippen LogP contribution in [-0.4, -0.2) is 16.4 Å². The van der Waals surface area contributed by atoms with Gasteiger partial charge in [-0.1, -0.05) is 32.9 Å². The highest BCUT2D eigenvalue weighted by Gasteiger charge is 2.28. The molecule has 23 heavy (non-hydrogen) atoms. The fraction of sp³-hybridized carbons (Fsp3) is 0.389. The molecule has 2 heterocycles. The standard InChI is InChI=1S/C18H20N2O3.H2/c1-18(2,3)12-4-5-13-11(10-12)8-9-20(17(13)23)14-6-7-15(21)19-16(14)22;/h4-5,8-10,14H,6-7H2,1-3H3,(H,19,21,22);1H. The van der Waals surface area contributed by atoms with Crippen LogP contribution < -0.4 is 10.9 Å². The Balaban J connectivity index is 0.00000208. The molecule has 122 valence electrons. The molecule has 5 heteroatoms. The van der Waals surface area contributed by atoms with Crippen molar-refractivity contribution in [2.45, 2.75) is 45.1 Å². The number of pyridine rings is 1. The van der Waals surface area contributed by atoms with E-state index in [0.717, 1.165) is 10.9 Å². The molecule has 0 saturated carbocycles. The molecule has 1 aliphatic rings. The molecule has 0 spiro atoms. The van der Waals surface area contributed by atoms with E-state index in [9.17, 15) is 14.4 Å². The average molecular weight is 314 g/mol. The number of carbonyl (C=O) groups is 2. The third kappa shape index (κ3) is 2.79. The van der Waals surface area contributed by atoms with E-state index in [2.05, 4.69) is 26.1 Å². The first-order chi connectivity index (χ1) is 10.8. The fourth-order valence-corrected chi connectivity index (χ4v) is 2.92. The van der Waals surface area contributed by atoms with Crippen molar-refractivity contribution in [2.75, 3.05) is 0 Å². The zero-order chi connectivity index (χ0) is 16.8. The van der Waals surface area contributed by atoms with Crippen molar-refractivity contribution >= 4 is 22.6 Å². The SMILES string of the molecule is CC(C)(C)c1ccc2c(=O)n(C3CCC(=O)NC3=O)ccc2c1.[HH]. The fourth-order valence-electron chi connectivity index (χ4n) is 2.92. The Morgan fingerprint density at radius 1 is 1.17 bits per heavy atom. The summed E-state index contributed by atoms with van der Waals surface area (Å²) >= 11 is 0.